The third-order valence-electron chi connectivity index (χ3n) is 6.62. The van der Waals surface area contributed by atoms with Gasteiger partial charge in [0.2, 0.25) is 17.7 Å². The number of pyridine rings is 1. The molecule has 36 heavy (non-hydrogen) atoms. The van der Waals surface area contributed by atoms with E-state index in [0.29, 0.717) is 30.3 Å². The molecule has 0 bridgehead atoms. The summed E-state index contributed by atoms with van der Waals surface area (Å²) in [7, 11) is 0.485. The molecular formula is C27H31N5O3Si. The highest BCUT2D eigenvalue weighted by Gasteiger charge is 2.32. The minimum absolute atomic E-state index is 0.411. The first kappa shape index (κ1) is 23.0. The van der Waals surface area contributed by atoms with Gasteiger partial charge < -0.3 is 18.5 Å². The predicted octanol–water partition coefficient (Wildman–Crippen LogP) is 6.23. The van der Waals surface area contributed by atoms with Crippen LogP contribution in [0.3, 0.4) is 0 Å². The highest BCUT2D eigenvalue weighted by Crippen LogP contribution is 2.42. The number of oxazole rings is 1. The van der Waals surface area contributed by atoms with Gasteiger partial charge in [0.25, 0.3) is 0 Å². The number of hydrogen-bond donors (Lipinski definition) is 0. The minimum atomic E-state index is -1.13. The maximum absolute atomic E-state index is 6.39. The minimum Gasteiger partial charge on any atom is -0.481 e. The lowest BCUT2D eigenvalue weighted by molar-refractivity contribution is 0.0903. The van der Waals surface area contributed by atoms with Crippen LogP contribution in [0.15, 0.2) is 53.2 Å². The number of benzene rings is 1. The number of hydrogen-bond acceptors (Lipinski definition) is 6. The average molecular weight is 502 g/mol. The molecule has 0 radical (unpaired) electrons. The topological polar surface area (TPSA) is 80.1 Å². The Bertz CT molecular complexity index is 1540. The molecule has 1 aliphatic carbocycles. The molecule has 9 heteroatoms. The number of para-hydroxylation sites is 1. The van der Waals surface area contributed by atoms with Crippen LogP contribution in [0.1, 0.15) is 24.6 Å². The van der Waals surface area contributed by atoms with Crippen LogP contribution in [-0.4, -0.2) is 45.9 Å². The first-order chi connectivity index (χ1) is 17.4. The zero-order valence-electron chi connectivity index (χ0n) is 21.2. The average Bonchev–Trinajstić information content (AvgIpc) is 3.31. The summed E-state index contributed by atoms with van der Waals surface area (Å²) in [6.07, 6.45) is 6.07. The molecule has 0 saturated heterocycles. The van der Waals surface area contributed by atoms with E-state index in [2.05, 4.69) is 52.5 Å². The first-order valence-electron chi connectivity index (χ1n) is 12.5. The molecule has 1 saturated carbocycles. The van der Waals surface area contributed by atoms with E-state index in [9.17, 15) is 0 Å². The second kappa shape index (κ2) is 8.90. The number of fused-ring (bicyclic) bond motifs is 2. The van der Waals surface area contributed by atoms with Crippen molar-refractivity contribution >= 4 is 30.1 Å². The fraction of sp³-hybridized carbons (Fsp3) is 0.370. The molecule has 186 valence electrons. The summed E-state index contributed by atoms with van der Waals surface area (Å²) in [6.45, 7) is 8.37. The summed E-state index contributed by atoms with van der Waals surface area (Å²) in [6, 6.07) is 13.2. The van der Waals surface area contributed by atoms with E-state index in [0.717, 1.165) is 58.9 Å². The monoisotopic (exact) mass is 501 g/mol. The van der Waals surface area contributed by atoms with Gasteiger partial charge in [-0.15, -0.1) is 0 Å². The van der Waals surface area contributed by atoms with Crippen molar-refractivity contribution in [3.05, 3.63) is 54.6 Å². The van der Waals surface area contributed by atoms with Crippen molar-refractivity contribution in [1.29, 1.82) is 0 Å². The largest absolute Gasteiger partial charge is 0.481 e. The van der Waals surface area contributed by atoms with Crippen LogP contribution in [0.4, 0.5) is 0 Å². The Morgan fingerprint density at radius 1 is 1.08 bits per heavy atom. The van der Waals surface area contributed by atoms with Gasteiger partial charge in [-0.25, -0.2) is 14.5 Å². The molecule has 0 aliphatic heterocycles. The van der Waals surface area contributed by atoms with Crippen LogP contribution >= 0.6 is 0 Å². The number of aromatic nitrogens is 5. The predicted molar refractivity (Wildman–Crippen MR) is 142 cm³/mol. The number of nitrogens with zero attached hydrogens (tertiary/aromatic N) is 5. The fourth-order valence-corrected chi connectivity index (χ4v) is 5.22. The van der Waals surface area contributed by atoms with Crippen LogP contribution < -0.4 is 4.74 Å². The Hall–Kier alpha value is -3.43. The Morgan fingerprint density at radius 2 is 1.92 bits per heavy atom. The van der Waals surface area contributed by atoms with E-state index in [1.165, 1.54) is 0 Å². The van der Waals surface area contributed by atoms with Crippen molar-refractivity contribution in [3.8, 4) is 23.2 Å². The zero-order chi connectivity index (χ0) is 24.9. The van der Waals surface area contributed by atoms with Gasteiger partial charge in [0.15, 0.2) is 5.65 Å². The van der Waals surface area contributed by atoms with Gasteiger partial charge in [-0.3, -0.25) is 0 Å². The van der Waals surface area contributed by atoms with Gasteiger partial charge in [-0.05, 0) is 31.0 Å². The van der Waals surface area contributed by atoms with E-state index in [-0.39, 0.29) is 0 Å². The molecule has 1 aliphatic rings. The molecular weight excluding hydrogens is 470 g/mol. The normalized spacial score (nSPS) is 14.2. The summed E-state index contributed by atoms with van der Waals surface area (Å²) in [5.74, 6) is 3.09. The highest BCUT2D eigenvalue weighted by molar-refractivity contribution is 6.76. The van der Waals surface area contributed by atoms with E-state index >= 15 is 0 Å². The van der Waals surface area contributed by atoms with E-state index < -0.39 is 8.07 Å². The lowest BCUT2D eigenvalue weighted by Gasteiger charge is -2.15. The molecule has 4 heterocycles. The highest BCUT2D eigenvalue weighted by atomic mass is 28.3. The summed E-state index contributed by atoms with van der Waals surface area (Å²) < 4.78 is 21.9. The molecule has 0 atom stereocenters. The van der Waals surface area contributed by atoms with E-state index in [4.69, 9.17) is 18.9 Å². The second-order valence-electron chi connectivity index (χ2n) is 10.7. The van der Waals surface area contributed by atoms with Crippen molar-refractivity contribution in [3.63, 3.8) is 0 Å². The quantitative estimate of drug-likeness (QED) is 0.176. The lowest BCUT2D eigenvalue weighted by atomic mass is 10.2. The van der Waals surface area contributed by atoms with Crippen LogP contribution in [0.25, 0.3) is 39.4 Å². The van der Waals surface area contributed by atoms with E-state index in [1.807, 2.05) is 28.8 Å². The summed E-state index contributed by atoms with van der Waals surface area (Å²) >= 11 is 0. The maximum atomic E-state index is 6.39. The van der Waals surface area contributed by atoms with Crippen molar-refractivity contribution in [2.24, 2.45) is 0 Å². The number of methoxy groups -OCH3 is 1. The van der Waals surface area contributed by atoms with Crippen LogP contribution in [0, 0.1) is 0 Å². The number of rotatable bonds is 9. The molecule has 0 amide bonds. The first-order valence-corrected chi connectivity index (χ1v) is 16.2. The van der Waals surface area contributed by atoms with Gasteiger partial charge in [0.1, 0.15) is 18.1 Å². The molecule has 8 nitrogen and oxygen atoms in total. The summed E-state index contributed by atoms with van der Waals surface area (Å²) in [5.41, 5.74) is 3.58. The maximum Gasteiger partial charge on any atom is 0.230 e. The Labute approximate surface area is 210 Å². The summed E-state index contributed by atoms with van der Waals surface area (Å²) in [5, 5.41) is 1.08. The standard InChI is InChI=1S/C27H31N5O3Si/c1-33-23-12-11-21-26(30-23)32(25(29-21)18-9-10-18)24-15-28-27(35-24)20-16-31(17-34-13-14-36(2,3)4)22-8-6-5-7-19(20)22/h5-8,11-12,15-16,18H,9-10,13-14,17H2,1-4H3. The number of imidazole rings is 1. The molecule has 0 spiro atoms. The molecule has 0 unspecified atom stereocenters. The molecule has 4 aromatic heterocycles. The van der Waals surface area contributed by atoms with Gasteiger partial charge in [0, 0.05) is 38.2 Å². The van der Waals surface area contributed by atoms with Crippen LogP contribution in [0.2, 0.25) is 25.7 Å². The summed E-state index contributed by atoms with van der Waals surface area (Å²) in [4.78, 5) is 14.2. The Balaban J connectivity index is 1.37. The van der Waals surface area contributed by atoms with Crippen LogP contribution in [-0.2, 0) is 11.5 Å². The number of ether oxygens (including phenoxy) is 2. The van der Waals surface area contributed by atoms with Crippen LogP contribution in [0.5, 0.6) is 5.88 Å². The SMILES string of the molecule is COc1ccc2nc(C3CC3)n(-c3cnc(-c4cn(COCC[Si](C)(C)C)c5ccccc45)o3)c2n1. The van der Waals surface area contributed by atoms with Crippen molar-refractivity contribution < 1.29 is 13.9 Å². The molecule has 6 rings (SSSR count). The molecule has 1 fully saturated rings. The lowest BCUT2D eigenvalue weighted by Crippen LogP contribution is -2.21. The second-order valence-corrected chi connectivity index (χ2v) is 16.3. The molecule has 5 aromatic rings. The van der Waals surface area contributed by atoms with Gasteiger partial charge in [-0.1, -0.05) is 37.8 Å². The Morgan fingerprint density at radius 3 is 2.69 bits per heavy atom. The smallest absolute Gasteiger partial charge is 0.230 e. The molecule has 1 aromatic carbocycles. The van der Waals surface area contributed by atoms with Crippen molar-refractivity contribution in [2.45, 2.75) is 51.2 Å². The van der Waals surface area contributed by atoms with Gasteiger partial charge in [0.05, 0.1) is 24.4 Å². The Kier molecular flexibility index (Phi) is 5.68. The van der Waals surface area contributed by atoms with Crippen molar-refractivity contribution in [1.82, 2.24) is 24.1 Å². The fourth-order valence-electron chi connectivity index (χ4n) is 4.46. The van der Waals surface area contributed by atoms with Gasteiger partial charge in [-0.2, -0.15) is 4.98 Å². The molecule has 0 N–H and O–H groups in total. The van der Waals surface area contributed by atoms with Gasteiger partial charge >= 0.3 is 0 Å². The van der Waals surface area contributed by atoms with E-state index in [1.54, 1.807) is 13.3 Å². The third kappa shape index (κ3) is 4.33. The zero-order valence-corrected chi connectivity index (χ0v) is 22.2. The third-order valence-corrected chi connectivity index (χ3v) is 8.32. The van der Waals surface area contributed by atoms with Crippen molar-refractivity contribution in [2.75, 3.05) is 13.7 Å².